The molecule has 7 heteroatoms. The molecule has 2 rings (SSSR count). The molecule has 0 saturated heterocycles. The summed E-state index contributed by atoms with van der Waals surface area (Å²) in [5.74, 6) is 0.887. The monoisotopic (exact) mass is 396 g/mol. The zero-order chi connectivity index (χ0) is 21.1. The van der Waals surface area contributed by atoms with Crippen LogP contribution in [-0.4, -0.2) is 34.2 Å². The van der Waals surface area contributed by atoms with Crippen molar-refractivity contribution in [3.8, 4) is 0 Å². The van der Waals surface area contributed by atoms with E-state index in [0.717, 1.165) is 37.9 Å². The van der Waals surface area contributed by atoms with Crippen LogP contribution in [0.2, 0.25) is 0 Å². The number of nitrogens with zero attached hydrogens (tertiary/aromatic N) is 3. The lowest BCUT2D eigenvalue weighted by Gasteiger charge is -2.40. The first-order chi connectivity index (χ1) is 14.0. The van der Waals surface area contributed by atoms with Gasteiger partial charge >= 0.3 is 0 Å². The summed E-state index contributed by atoms with van der Waals surface area (Å²) in [6.45, 7) is 7.38. The Balaban J connectivity index is 1.96. The third-order valence-electron chi connectivity index (χ3n) is 5.31. The van der Waals surface area contributed by atoms with Gasteiger partial charge in [-0.2, -0.15) is 0 Å². The number of aliphatic hydroxyl groups excluding tert-OH is 1. The highest BCUT2D eigenvalue weighted by Gasteiger charge is 2.33. The highest BCUT2D eigenvalue weighted by molar-refractivity contribution is 5.95. The van der Waals surface area contributed by atoms with Gasteiger partial charge in [-0.3, -0.25) is 4.99 Å². The molecule has 0 aromatic carbocycles. The van der Waals surface area contributed by atoms with E-state index in [0.29, 0.717) is 11.7 Å². The highest BCUT2D eigenvalue weighted by atomic mass is 16.3. The van der Waals surface area contributed by atoms with Gasteiger partial charge in [0.1, 0.15) is 5.82 Å². The maximum Gasteiger partial charge on any atom is 0.173 e. The largest absolute Gasteiger partial charge is 0.503 e. The van der Waals surface area contributed by atoms with Crippen LogP contribution >= 0.6 is 0 Å². The zero-order valence-corrected chi connectivity index (χ0v) is 17.3. The van der Waals surface area contributed by atoms with Crippen molar-refractivity contribution in [2.24, 2.45) is 15.7 Å². The number of amidine groups is 1. The summed E-state index contributed by atoms with van der Waals surface area (Å²) < 4.78 is 0. The number of allylic oxidation sites excluding steroid dienone is 2. The van der Waals surface area contributed by atoms with Crippen LogP contribution in [0.5, 0.6) is 0 Å². The molecule has 1 heterocycles. The molecule has 156 valence electrons. The van der Waals surface area contributed by atoms with Crippen molar-refractivity contribution in [3.05, 3.63) is 60.4 Å². The number of hydrogen-bond acceptors (Lipinski definition) is 6. The van der Waals surface area contributed by atoms with E-state index in [9.17, 15) is 5.11 Å². The summed E-state index contributed by atoms with van der Waals surface area (Å²) in [5.41, 5.74) is 6.46. The van der Waals surface area contributed by atoms with Crippen LogP contribution in [0.15, 0.2) is 70.4 Å². The van der Waals surface area contributed by atoms with Gasteiger partial charge in [0, 0.05) is 30.2 Å². The molecule has 0 aliphatic heterocycles. The Kier molecular flexibility index (Phi) is 8.45. The predicted molar refractivity (Wildman–Crippen MR) is 121 cm³/mol. The van der Waals surface area contributed by atoms with Crippen LogP contribution < -0.4 is 16.4 Å². The minimum absolute atomic E-state index is 0.0519. The maximum atomic E-state index is 10.3. The number of anilines is 1. The number of nitrogens with two attached hydrogens (primary N) is 1. The normalized spacial score (nSPS) is 23.8. The SMILES string of the molecule is C=N\C=C/C(=C\C)/N=C(N)\C(O)=C/NC1(CC)CCC(Nc2ccccn2)CC1. The van der Waals surface area contributed by atoms with Crippen LogP contribution in [-0.2, 0) is 0 Å². The number of hydrogen-bond donors (Lipinski definition) is 4. The van der Waals surface area contributed by atoms with E-state index < -0.39 is 0 Å². The zero-order valence-electron chi connectivity index (χ0n) is 17.3. The van der Waals surface area contributed by atoms with Gasteiger partial charge in [0.15, 0.2) is 11.6 Å². The second-order valence-corrected chi connectivity index (χ2v) is 7.15. The highest BCUT2D eigenvalue weighted by Crippen LogP contribution is 2.32. The summed E-state index contributed by atoms with van der Waals surface area (Å²) in [7, 11) is 0. The van der Waals surface area contributed by atoms with Crippen molar-refractivity contribution in [1.82, 2.24) is 10.3 Å². The molecule has 7 nitrogen and oxygen atoms in total. The molecule has 0 amide bonds. The molecule has 1 aliphatic carbocycles. The summed E-state index contributed by atoms with van der Waals surface area (Å²) >= 11 is 0. The Hall–Kier alpha value is -3.09. The van der Waals surface area contributed by atoms with Crippen LogP contribution in [0.4, 0.5) is 5.82 Å². The van der Waals surface area contributed by atoms with Gasteiger partial charge in [0.25, 0.3) is 0 Å². The molecule has 5 N–H and O–H groups in total. The first-order valence-corrected chi connectivity index (χ1v) is 9.99. The first-order valence-electron chi connectivity index (χ1n) is 9.99. The van der Waals surface area contributed by atoms with E-state index >= 15 is 0 Å². The van der Waals surface area contributed by atoms with E-state index in [1.807, 2.05) is 25.1 Å². The molecular weight excluding hydrogens is 364 g/mol. The lowest BCUT2D eigenvalue weighted by molar-refractivity contribution is 0.234. The van der Waals surface area contributed by atoms with Crippen molar-refractivity contribution < 1.29 is 5.11 Å². The molecule has 1 aromatic rings. The van der Waals surface area contributed by atoms with Gasteiger partial charge in [-0.25, -0.2) is 9.98 Å². The fourth-order valence-corrected chi connectivity index (χ4v) is 3.39. The third kappa shape index (κ3) is 6.78. The van der Waals surface area contributed by atoms with E-state index in [1.165, 1.54) is 6.20 Å². The summed E-state index contributed by atoms with van der Waals surface area (Å²) in [6, 6.07) is 6.29. The Morgan fingerprint density at radius 1 is 1.41 bits per heavy atom. The summed E-state index contributed by atoms with van der Waals surface area (Å²) in [5, 5.41) is 17.2. The van der Waals surface area contributed by atoms with E-state index in [4.69, 9.17) is 5.73 Å². The maximum absolute atomic E-state index is 10.3. The third-order valence-corrected chi connectivity index (χ3v) is 5.31. The fourth-order valence-electron chi connectivity index (χ4n) is 3.39. The van der Waals surface area contributed by atoms with Crippen LogP contribution in [0.1, 0.15) is 46.0 Å². The van der Waals surface area contributed by atoms with Gasteiger partial charge in [-0.15, -0.1) is 0 Å². The smallest absolute Gasteiger partial charge is 0.173 e. The average molecular weight is 397 g/mol. The standard InChI is InChI=1S/C22H32N6O/c1-4-17(11-15-24-3)28-21(23)19(29)16-26-22(5-2)12-9-18(10-13-22)27-20-8-6-7-14-25-20/h4,6-8,11,14-16,18,26,29H,3,5,9-10,12-13H2,1-2H3,(H2,23,28)(H,25,27)/b15-11-,17-4+,19-16+. The fraction of sp³-hybridized carbons (Fsp3) is 0.409. The van der Waals surface area contributed by atoms with Gasteiger partial charge < -0.3 is 21.5 Å². The van der Waals surface area contributed by atoms with Crippen molar-refractivity contribution >= 4 is 18.4 Å². The predicted octanol–water partition coefficient (Wildman–Crippen LogP) is 4.05. The molecule has 0 unspecified atom stereocenters. The molecule has 0 radical (unpaired) electrons. The van der Waals surface area contributed by atoms with Crippen LogP contribution in [0.3, 0.4) is 0 Å². The summed E-state index contributed by atoms with van der Waals surface area (Å²) in [6.07, 6.45) is 13.3. The van der Waals surface area contributed by atoms with E-state index in [1.54, 1.807) is 24.5 Å². The Labute approximate surface area is 173 Å². The molecule has 0 bridgehead atoms. The first kappa shape index (κ1) is 22.2. The van der Waals surface area contributed by atoms with Crippen molar-refractivity contribution in [2.75, 3.05) is 5.32 Å². The van der Waals surface area contributed by atoms with Gasteiger partial charge in [0.2, 0.25) is 0 Å². The minimum atomic E-state index is -0.0779. The van der Waals surface area contributed by atoms with Gasteiger partial charge in [0.05, 0.1) is 5.70 Å². The molecule has 1 saturated carbocycles. The second kappa shape index (κ2) is 11.0. The van der Waals surface area contributed by atoms with Crippen LogP contribution in [0.25, 0.3) is 0 Å². The molecule has 0 atom stereocenters. The Morgan fingerprint density at radius 3 is 2.76 bits per heavy atom. The lowest BCUT2D eigenvalue weighted by atomic mass is 9.77. The van der Waals surface area contributed by atoms with Crippen molar-refractivity contribution in [3.63, 3.8) is 0 Å². The Morgan fingerprint density at radius 2 is 2.17 bits per heavy atom. The molecule has 1 fully saturated rings. The number of aliphatic imine (C=N–C) groups is 2. The van der Waals surface area contributed by atoms with Crippen molar-refractivity contribution in [2.45, 2.75) is 57.5 Å². The average Bonchev–Trinajstić information content (AvgIpc) is 2.76. The number of pyridine rings is 1. The topological polar surface area (TPSA) is 108 Å². The van der Waals surface area contributed by atoms with E-state index in [-0.39, 0.29) is 17.1 Å². The second-order valence-electron chi connectivity index (χ2n) is 7.15. The van der Waals surface area contributed by atoms with Gasteiger partial charge in [-0.05, 0) is 64.0 Å². The number of nitrogens with one attached hydrogen (secondary N) is 2. The molecule has 1 aromatic heterocycles. The Bertz CT molecular complexity index is 774. The van der Waals surface area contributed by atoms with Crippen molar-refractivity contribution in [1.29, 1.82) is 0 Å². The molecule has 0 spiro atoms. The lowest BCUT2D eigenvalue weighted by Crippen LogP contribution is -2.47. The summed E-state index contributed by atoms with van der Waals surface area (Å²) in [4.78, 5) is 12.2. The van der Waals surface area contributed by atoms with Crippen LogP contribution in [0, 0.1) is 0 Å². The minimum Gasteiger partial charge on any atom is -0.503 e. The molecular formula is C22H32N6O. The molecule has 1 aliphatic rings. The van der Waals surface area contributed by atoms with E-state index in [2.05, 4.69) is 39.2 Å². The number of aliphatic hydroxyl groups is 1. The van der Waals surface area contributed by atoms with Gasteiger partial charge in [-0.1, -0.05) is 19.1 Å². The quantitative estimate of drug-likeness (QED) is 0.218. The number of aromatic nitrogens is 1. The molecule has 29 heavy (non-hydrogen) atoms. The number of rotatable bonds is 9.